The van der Waals surface area contributed by atoms with E-state index in [0.29, 0.717) is 17.7 Å². The first-order chi connectivity index (χ1) is 13.3. The fourth-order valence-corrected chi connectivity index (χ4v) is 2.76. The highest BCUT2D eigenvalue weighted by Gasteiger charge is 2.12. The number of hydrogen-bond donors (Lipinski definition) is 3. The van der Waals surface area contributed by atoms with Crippen LogP contribution in [0, 0.1) is 6.92 Å². The van der Waals surface area contributed by atoms with Gasteiger partial charge in [0.05, 0.1) is 17.8 Å². The molecule has 2 aromatic heterocycles. The van der Waals surface area contributed by atoms with Gasteiger partial charge in [-0.3, -0.25) is 19.1 Å². The average Bonchev–Trinajstić information content (AvgIpc) is 2.98. The van der Waals surface area contributed by atoms with Crippen molar-refractivity contribution < 1.29 is 14.4 Å². The molecule has 3 rings (SSSR count). The summed E-state index contributed by atoms with van der Waals surface area (Å²) in [5.74, 6) is -1.25. The summed E-state index contributed by atoms with van der Waals surface area (Å²) in [7, 11) is 1.81. The Bertz CT molecular complexity index is 1060. The first kappa shape index (κ1) is 19.0. The Morgan fingerprint density at radius 2 is 1.75 bits per heavy atom. The van der Waals surface area contributed by atoms with E-state index in [-0.39, 0.29) is 18.4 Å². The maximum Gasteiger partial charge on any atom is 0.253 e. The van der Waals surface area contributed by atoms with E-state index in [1.165, 1.54) is 6.20 Å². The number of aromatic nitrogens is 3. The Morgan fingerprint density at radius 3 is 2.43 bits per heavy atom. The van der Waals surface area contributed by atoms with Crippen molar-refractivity contribution in [2.75, 3.05) is 6.54 Å². The molecule has 0 unspecified atom stereocenters. The van der Waals surface area contributed by atoms with Gasteiger partial charge >= 0.3 is 0 Å². The predicted octanol–water partition coefficient (Wildman–Crippen LogP) is 0.422. The zero-order valence-corrected chi connectivity index (χ0v) is 15.5. The van der Waals surface area contributed by atoms with Crippen LogP contribution in [0.3, 0.4) is 0 Å². The maximum absolute atomic E-state index is 12.4. The molecule has 1 aromatic carbocycles. The Kier molecular flexibility index (Phi) is 5.35. The fourth-order valence-electron chi connectivity index (χ4n) is 2.76. The molecule has 0 aliphatic carbocycles. The summed E-state index contributed by atoms with van der Waals surface area (Å²) in [6, 6.07) is 8.46. The van der Waals surface area contributed by atoms with Gasteiger partial charge in [0.25, 0.3) is 11.8 Å². The van der Waals surface area contributed by atoms with Gasteiger partial charge < -0.3 is 16.4 Å². The predicted molar refractivity (Wildman–Crippen MR) is 102 cm³/mol. The first-order valence-electron chi connectivity index (χ1n) is 8.58. The van der Waals surface area contributed by atoms with Crippen LogP contribution in [-0.2, 0) is 18.4 Å². The van der Waals surface area contributed by atoms with E-state index in [2.05, 4.69) is 20.7 Å². The van der Waals surface area contributed by atoms with Gasteiger partial charge in [0, 0.05) is 30.7 Å². The lowest BCUT2D eigenvalue weighted by Gasteiger charge is -2.07. The van der Waals surface area contributed by atoms with Gasteiger partial charge in [-0.25, -0.2) is 4.98 Å². The third kappa shape index (κ3) is 4.14. The standard InChI is InChI=1S/C19H20N6O3/c1-11-15-7-14(9-21-17(15)25(2)24-11)19(28)22-8-12-3-5-13(6-4-12)18(27)23-10-16(20)26/h3-7,9H,8,10H2,1-2H3,(H2,20,26)(H,22,28)(H,23,27). The molecular formula is C19H20N6O3. The summed E-state index contributed by atoms with van der Waals surface area (Å²) in [4.78, 5) is 39.3. The average molecular weight is 380 g/mol. The van der Waals surface area contributed by atoms with Gasteiger partial charge in [-0.2, -0.15) is 5.10 Å². The van der Waals surface area contributed by atoms with E-state index in [9.17, 15) is 14.4 Å². The second kappa shape index (κ2) is 7.87. The quantitative estimate of drug-likeness (QED) is 0.570. The number of aryl methyl sites for hydroxylation is 2. The summed E-state index contributed by atoms with van der Waals surface area (Å²) in [5.41, 5.74) is 8.20. The van der Waals surface area contributed by atoms with Crippen molar-refractivity contribution in [3.63, 3.8) is 0 Å². The SMILES string of the molecule is Cc1nn(C)c2ncc(C(=O)NCc3ccc(C(=O)NCC(N)=O)cc3)cc12. The molecule has 9 heteroatoms. The molecule has 0 spiro atoms. The van der Waals surface area contributed by atoms with Crippen molar-refractivity contribution in [1.29, 1.82) is 0 Å². The minimum Gasteiger partial charge on any atom is -0.368 e. The third-order valence-corrected chi connectivity index (χ3v) is 4.22. The number of benzene rings is 1. The highest BCUT2D eigenvalue weighted by atomic mass is 16.2. The minimum absolute atomic E-state index is 0.217. The number of pyridine rings is 1. The van der Waals surface area contributed by atoms with E-state index in [1.807, 2.05) is 6.92 Å². The number of nitrogens with two attached hydrogens (primary N) is 1. The van der Waals surface area contributed by atoms with Crippen molar-refractivity contribution in [3.8, 4) is 0 Å². The molecule has 28 heavy (non-hydrogen) atoms. The molecule has 0 bridgehead atoms. The second-order valence-corrected chi connectivity index (χ2v) is 6.33. The van der Waals surface area contributed by atoms with Crippen LogP contribution in [-0.4, -0.2) is 39.0 Å². The van der Waals surface area contributed by atoms with E-state index in [0.717, 1.165) is 22.3 Å². The molecule has 3 aromatic rings. The summed E-state index contributed by atoms with van der Waals surface area (Å²) >= 11 is 0. The summed E-state index contributed by atoms with van der Waals surface area (Å²) in [6.45, 7) is 1.95. The molecule has 0 fully saturated rings. The number of nitrogens with zero attached hydrogens (tertiary/aromatic N) is 3. The van der Waals surface area contributed by atoms with E-state index < -0.39 is 5.91 Å². The van der Waals surface area contributed by atoms with Gasteiger partial charge in [0.1, 0.15) is 0 Å². The highest BCUT2D eigenvalue weighted by Crippen LogP contribution is 2.16. The van der Waals surface area contributed by atoms with Crippen LogP contribution >= 0.6 is 0 Å². The van der Waals surface area contributed by atoms with Crippen molar-refractivity contribution in [3.05, 3.63) is 58.9 Å². The zero-order chi connectivity index (χ0) is 20.3. The highest BCUT2D eigenvalue weighted by molar-refractivity contribution is 5.97. The molecule has 4 N–H and O–H groups in total. The lowest BCUT2D eigenvalue weighted by molar-refractivity contribution is -0.117. The van der Waals surface area contributed by atoms with Crippen molar-refractivity contribution in [2.45, 2.75) is 13.5 Å². The monoisotopic (exact) mass is 380 g/mol. The molecule has 0 aliphatic heterocycles. The topological polar surface area (TPSA) is 132 Å². The Hall–Kier alpha value is -3.75. The second-order valence-electron chi connectivity index (χ2n) is 6.33. The normalized spacial score (nSPS) is 10.6. The van der Waals surface area contributed by atoms with Gasteiger partial charge in [-0.05, 0) is 30.7 Å². The van der Waals surface area contributed by atoms with Gasteiger partial charge in [-0.15, -0.1) is 0 Å². The molecule has 0 atom stereocenters. The molecule has 144 valence electrons. The molecule has 0 saturated carbocycles. The largest absolute Gasteiger partial charge is 0.368 e. The van der Waals surface area contributed by atoms with Gasteiger partial charge in [0.2, 0.25) is 5.91 Å². The summed E-state index contributed by atoms with van der Waals surface area (Å²) in [6.07, 6.45) is 1.52. The number of carbonyl (C=O) groups is 3. The number of amides is 3. The molecule has 0 saturated heterocycles. The number of carbonyl (C=O) groups excluding carboxylic acids is 3. The number of fused-ring (bicyclic) bond motifs is 1. The Balaban J connectivity index is 1.62. The van der Waals surface area contributed by atoms with Crippen LogP contribution in [0.1, 0.15) is 32.0 Å². The fraction of sp³-hybridized carbons (Fsp3) is 0.211. The van der Waals surface area contributed by atoms with Crippen LogP contribution in [0.4, 0.5) is 0 Å². The van der Waals surface area contributed by atoms with Crippen molar-refractivity contribution >= 4 is 28.8 Å². The van der Waals surface area contributed by atoms with Crippen LogP contribution in [0.25, 0.3) is 11.0 Å². The van der Waals surface area contributed by atoms with Crippen LogP contribution in [0.5, 0.6) is 0 Å². The van der Waals surface area contributed by atoms with Crippen molar-refractivity contribution in [1.82, 2.24) is 25.4 Å². The van der Waals surface area contributed by atoms with Gasteiger partial charge in [0.15, 0.2) is 5.65 Å². The third-order valence-electron chi connectivity index (χ3n) is 4.22. The first-order valence-corrected chi connectivity index (χ1v) is 8.58. The number of hydrogen-bond acceptors (Lipinski definition) is 5. The van der Waals surface area contributed by atoms with E-state index in [4.69, 9.17) is 5.73 Å². The lowest BCUT2D eigenvalue weighted by atomic mass is 10.1. The van der Waals surface area contributed by atoms with E-state index in [1.54, 1.807) is 42.1 Å². The number of primary amides is 1. The van der Waals surface area contributed by atoms with Crippen LogP contribution < -0.4 is 16.4 Å². The summed E-state index contributed by atoms with van der Waals surface area (Å²) < 4.78 is 1.67. The molecule has 2 heterocycles. The maximum atomic E-state index is 12.4. The lowest BCUT2D eigenvalue weighted by Crippen LogP contribution is -2.33. The summed E-state index contributed by atoms with van der Waals surface area (Å²) in [5, 5.41) is 10.4. The minimum atomic E-state index is -0.609. The molecule has 9 nitrogen and oxygen atoms in total. The van der Waals surface area contributed by atoms with Crippen LogP contribution in [0.2, 0.25) is 0 Å². The molecule has 0 radical (unpaired) electrons. The van der Waals surface area contributed by atoms with Crippen molar-refractivity contribution in [2.24, 2.45) is 12.8 Å². The number of rotatable bonds is 6. The number of nitrogens with one attached hydrogen (secondary N) is 2. The Labute approximate surface area is 160 Å². The molecular weight excluding hydrogens is 360 g/mol. The smallest absolute Gasteiger partial charge is 0.253 e. The van der Waals surface area contributed by atoms with E-state index >= 15 is 0 Å². The van der Waals surface area contributed by atoms with Gasteiger partial charge in [-0.1, -0.05) is 12.1 Å². The molecule has 0 aliphatic rings. The Morgan fingerprint density at radius 1 is 1.07 bits per heavy atom. The van der Waals surface area contributed by atoms with Crippen LogP contribution in [0.15, 0.2) is 36.5 Å². The molecule has 3 amide bonds. The zero-order valence-electron chi connectivity index (χ0n) is 15.5.